The van der Waals surface area contributed by atoms with Crippen molar-refractivity contribution < 1.29 is 19.1 Å². The molecule has 1 rings (SSSR count). The quantitative estimate of drug-likeness (QED) is 0.419. The topological polar surface area (TPSA) is 52.6 Å². The molecule has 0 saturated heterocycles. The first kappa shape index (κ1) is 17.7. The van der Waals surface area contributed by atoms with Crippen LogP contribution in [0.25, 0.3) is 6.08 Å². The van der Waals surface area contributed by atoms with Crippen LogP contribution in [-0.4, -0.2) is 25.2 Å². The molecule has 0 aliphatic rings. The Morgan fingerprint density at radius 1 is 1.00 bits per heavy atom. The first-order valence-corrected chi connectivity index (χ1v) is 7.42. The third-order valence-electron chi connectivity index (χ3n) is 2.83. The fourth-order valence-electron chi connectivity index (χ4n) is 1.79. The van der Waals surface area contributed by atoms with Crippen LogP contribution in [0.15, 0.2) is 48.1 Å². The first-order chi connectivity index (χ1) is 10.7. The van der Waals surface area contributed by atoms with Gasteiger partial charge in [0.05, 0.1) is 13.2 Å². The molecule has 22 heavy (non-hydrogen) atoms. The van der Waals surface area contributed by atoms with E-state index >= 15 is 0 Å². The Morgan fingerprint density at radius 2 is 1.68 bits per heavy atom. The lowest BCUT2D eigenvalue weighted by atomic mass is 10.1. The molecule has 0 fully saturated rings. The van der Waals surface area contributed by atoms with Crippen molar-refractivity contribution in [3.8, 4) is 0 Å². The summed E-state index contributed by atoms with van der Waals surface area (Å²) in [6.45, 7) is 4.15. The monoisotopic (exact) mass is 302 g/mol. The molecule has 0 saturated carbocycles. The normalized spacial score (nSPS) is 11.5. The van der Waals surface area contributed by atoms with Gasteiger partial charge in [-0.25, -0.2) is 4.79 Å². The Balaban J connectivity index is 2.72. The summed E-state index contributed by atoms with van der Waals surface area (Å²) in [6, 6.07) is 9.75. The minimum Gasteiger partial charge on any atom is -0.466 e. The predicted molar refractivity (Wildman–Crippen MR) is 86.1 cm³/mol. The molecular formula is C18H22O4. The lowest BCUT2D eigenvalue weighted by Gasteiger charge is -2.06. The van der Waals surface area contributed by atoms with Crippen LogP contribution in [0.3, 0.4) is 0 Å². The third-order valence-corrected chi connectivity index (χ3v) is 2.83. The van der Waals surface area contributed by atoms with Crippen LogP contribution < -0.4 is 0 Å². The molecule has 4 nitrogen and oxygen atoms in total. The van der Waals surface area contributed by atoms with Gasteiger partial charge in [0.1, 0.15) is 0 Å². The van der Waals surface area contributed by atoms with E-state index in [1.54, 1.807) is 26.0 Å². The second-order valence-corrected chi connectivity index (χ2v) is 4.49. The van der Waals surface area contributed by atoms with Crippen LogP contribution in [-0.2, 0) is 19.1 Å². The molecular weight excluding hydrogens is 280 g/mol. The number of rotatable bonds is 8. The molecule has 0 unspecified atom stereocenters. The predicted octanol–water partition coefficient (Wildman–Crippen LogP) is 3.53. The SMILES string of the molecule is CCOC(=O)CC/C(=C\C=C\c1ccccc1)C(=O)OCC. The molecule has 0 spiro atoms. The van der Waals surface area contributed by atoms with E-state index in [2.05, 4.69) is 0 Å². The van der Waals surface area contributed by atoms with Gasteiger partial charge in [-0.2, -0.15) is 0 Å². The molecule has 0 heterocycles. The number of hydrogen-bond donors (Lipinski definition) is 0. The molecule has 0 aliphatic carbocycles. The standard InChI is InChI=1S/C18H22O4/c1-3-21-17(19)14-13-16(18(20)22-4-2)12-8-11-15-9-6-5-7-10-15/h5-12H,3-4,13-14H2,1-2H3/b11-8+,16-12+. The Labute approximate surface area is 131 Å². The minimum absolute atomic E-state index is 0.164. The number of carbonyl (C=O) groups is 2. The van der Waals surface area contributed by atoms with Gasteiger partial charge in [-0.1, -0.05) is 48.6 Å². The van der Waals surface area contributed by atoms with Crippen molar-refractivity contribution in [2.45, 2.75) is 26.7 Å². The van der Waals surface area contributed by atoms with Crippen LogP contribution in [0.4, 0.5) is 0 Å². The Kier molecular flexibility index (Phi) is 8.35. The summed E-state index contributed by atoms with van der Waals surface area (Å²) in [4.78, 5) is 23.3. The molecule has 0 N–H and O–H groups in total. The lowest BCUT2D eigenvalue weighted by molar-refractivity contribution is -0.143. The van der Waals surface area contributed by atoms with Crippen LogP contribution in [0.1, 0.15) is 32.3 Å². The van der Waals surface area contributed by atoms with E-state index in [4.69, 9.17) is 9.47 Å². The lowest BCUT2D eigenvalue weighted by Crippen LogP contribution is -2.10. The Morgan fingerprint density at radius 3 is 2.32 bits per heavy atom. The number of ether oxygens (including phenoxy) is 2. The summed E-state index contributed by atoms with van der Waals surface area (Å²) in [6.07, 6.45) is 5.83. The van der Waals surface area contributed by atoms with Crippen LogP contribution in [0.5, 0.6) is 0 Å². The zero-order valence-electron chi connectivity index (χ0n) is 13.1. The average molecular weight is 302 g/mol. The molecule has 0 atom stereocenters. The highest BCUT2D eigenvalue weighted by atomic mass is 16.5. The van der Waals surface area contributed by atoms with Gasteiger partial charge in [0.2, 0.25) is 0 Å². The molecule has 4 heteroatoms. The second-order valence-electron chi connectivity index (χ2n) is 4.49. The van der Waals surface area contributed by atoms with Crippen molar-refractivity contribution in [1.29, 1.82) is 0 Å². The maximum atomic E-state index is 11.9. The molecule has 0 aromatic heterocycles. The average Bonchev–Trinajstić information content (AvgIpc) is 2.52. The fourth-order valence-corrected chi connectivity index (χ4v) is 1.79. The van der Waals surface area contributed by atoms with E-state index in [0.717, 1.165) is 5.56 Å². The van der Waals surface area contributed by atoms with Gasteiger partial charge in [0.25, 0.3) is 0 Å². The van der Waals surface area contributed by atoms with Crippen LogP contribution in [0, 0.1) is 0 Å². The minimum atomic E-state index is -0.399. The molecule has 1 aromatic carbocycles. The van der Waals surface area contributed by atoms with E-state index in [0.29, 0.717) is 25.2 Å². The number of carbonyl (C=O) groups excluding carboxylic acids is 2. The molecule has 0 bridgehead atoms. The van der Waals surface area contributed by atoms with E-state index in [1.807, 2.05) is 36.4 Å². The Hall–Kier alpha value is -2.36. The van der Waals surface area contributed by atoms with Crippen LogP contribution in [0.2, 0.25) is 0 Å². The second kappa shape index (κ2) is 10.4. The van der Waals surface area contributed by atoms with E-state index < -0.39 is 5.97 Å². The van der Waals surface area contributed by atoms with Crippen molar-refractivity contribution in [2.24, 2.45) is 0 Å². The highest BCUT2D eigenvalue weighted by Crippen LogP contribution is 2.10. The smallest absolute Gasteiger partial charge is 0.333 e. The summed E-state index contributed by atoms with van der Waals surface area (Å²) in [5.41, 5.74) is 1.49. The van der Waals surface area contributed by atoms with Crippen LogP contribution >= 0.6 is 0 Å². The number of benzene rings is 1. The third kappa shape index (κ3) is 6.88. The molecule has 0 radical (unpaired) electrons. The highest BCUT2D eigenvalue weighted by Gasteiger charge is 2.12. The van der Waals surface area contributed by atoms with Gasteiger partial charge in [-0.15, -0.1) is 0 Å². The van der Waals surface area contributed by atoms with E-state index in [-0.39, 0.29) is 12.4 Å². The molecule has 118 valence electrons. The summed E-state index contributed by atoms with van der Waals surface area (Å²) >= 11 is 0. The molecule has 0 aliphatic heterocycles. The van der Waals surface area contributed by atoms with Gasteiger partial charge in [0, 0.05) is 12.0 Å². The van der Waals surface area contributed by atoms with E-state index in [1.165, 1.54) is 0 Å². The van der Waals surface area contributed by atoms with Gasteiger partial charge < -0.3 is 9.47 Å². The first-order valence-electron chi connectivity index (χ1n) is 7.42. The number of allylic oxidation sites excluding steroid dienone is 2. The van der Waals surface area contributed by atoms with Gasteiger partial charge in [-0.05, 0) is 25.8 Å². The van der Waals surface area contributed by atoms with Crippen molar-refractivity contribution in [1.82, 2.24) is 0 Å². The van der Waals surface area contributed by atoms with Crippen molar-refractivity contribution in [2.75, 3.05) is 13.2 Å². The fraction of sp³-hybridized carbons (Fsp3) is 0.333. The highest BCUT2D eigenvalue weighted by molar-refractivity contribution is 5.89. The maximum absolute atomic E-state index is 11.9. The van der Waals surface area contributed by atoms with Crippen molar-refractivity contribution >= 4 is 18.0 Å². The van der Waals surface area contributed by atoms with Crippen molar-refractivity contribution in [3.63, 3.8) is 0 Å². The zero-order valence-corrected chi connectivity index (χ0v) is 13.1. The van der Waals surface area contributed by atoms with Crippen molar-refractivity contribution in [3.05, 3.63) is 53.6 Å². The largest absolute Gasteiger partial charge is 0.466 e. The van der Waals surface area contributed by atoms with Gasteiger partial charge in [0.15, 0.2) is 0 Å². The summed E-state index contributed by atoms with van der Waals surface area (Å²) in [5, 5.41) is 0. The Bertz CT molecular complexity index is 529. The van der Waals surface area contributed by atoms with Gasteiger partial charge >= 0.3 is 11.9 Å². The maximum Gasteiger partial charge on any atom is 0.333 e. The number of esters is 2. The summed E-state index contributed by atoms with van der Waals surface area (Å²) in [5.74, 6) is -0.714. The zero-order chi connectivity index (χ0) is 16.2. The summed E-state index contributed by atoms with van der Waals surface area (Å²) < 4.78 is 9.88. The van der Waals surface area contributed by atoms with E-state index in [9.17, 15) is 9.59 Å². The number of hydrogen-bond acceptors (Lipinski definition) is 4. The van der Waals surface area contributed by atoms with Gasteiger partial charge in [-0.3, -0.25) is 4.79 Å². The summed E-state index contributed by atoms with van der Waals surface area (Å²) in [7, 11) is 0. The molecule has 0 amide bonds. The molecule has 1 aromatic rings.